The number of alkyl halides is 2. The number of aromatic nitrogens is 1. The molecule has 1 saturated carbocycles. The Hall–Kier alpha value is -2.24. The van der Waals surface area contributed by atoms with Crippen molar-refractivity contribution in [1.29, 1.82) is 0 Å². The molecule has 1 heterocycles. The largest absolute Gasteiger partial charge is 0.433 e. The van der Waals surface area contributed by atoms with Crippen LogP contribution in [0, 0.1) is 0 Å². The highest BCUT2D eigenvalue weighted by Crippen LogP contribution is 2.29. The van der Waals surface area contributed by atoms with Crippen LogP contribution >= 0.6 is 11.8 Å². The lowest BCUT2D eigenvalue weighted by Crippen LogP contribution is -2.38. The molecule has 1 aliphatic rings. The molecule has 1 atom stereocenters. The summed E-state index contributed by atoms with van der Waals surface area (Å²) in [6.07, 6.45) is 6.19. The highest BCUT2D eigenvalue weighted by Gasteiger charge is 2.29. The molecule has 1 N–H and O–H groups in total. The molecule has 0 saturated heterocycles. The zero-order chi connectivity index (χ0) is 24.0. The molecule has 1 fully saturated rings. The van der Waals surface area contributed by atoms with Gasteiger partial charge in [-0.25, -0.2) is 13.4 Å². The highest BCUT2D eigenvalue weighted by molar-refractivity contribution is 8.00. The molecule has 1 aromatic heterocycles. The molecule has 11 heteroatoms. The smallest absolute Gasteiger partial charge is 0.387 e. The molecule has 7 nitrogen and oxygen atoms in total. The first-order chi connectivity index (χ1) is 15.7. The number of rotatable bonds is 9. The van der Waals surface area contributed by atoms with Crippen molar-refractivity contribution in [3.63, 3.8) is 0 Å². The van der Waals surface area contributed by atoms with Crippen molar-refractivity contribution < 1.29 is 26.7 Å². The Morgan fingerprint density at radius 3 is 2.52 bits per heavy atom. The van der Waals surface area contributed by atoms with Crippen LogP contribution in [0.4, 0.5) is 14.5 Å². The number of carbonyl (C=O) groups excluding carboxylic acids is 1. The Morgan fingerprint density at radius 2 is 1.88 bits per heavy atom. The van der Waals surface area contributed by atoms with E-state index in [4.69, 9.17) is 0 Å². The number of sulfonamides is 1. The third kappa shape index (κ3) is 6.64. The Morgan fingerprint density at radius 1 is 1.18 bits per heavy atom. The van der Waals surface area contributed by atoms with Gasteiger partial charge in [0.2, 0.25) is 15.9 Å². The number of amides is 1. The number of nitrogens with zero attached hydrogens (tertiary/aromatic N) is 2. The van der Waals surface area contributed by atoms with Crippen molar-refractivity contribution in [3.05, 3.63) is 42.6 Å². The van der Waals surface area contributed by atoms with E-state index in [-0.39, 0.29) is 22.4 Å². The third-order valence-electron chi connectivity index (χ3n) is 5.50. The molecule has 33 heavy (non-hydrogen) atoms. The van der Waals surface area contributed by atoms with Crippen molar-refractivity contribution in [2.45, 2.75) is 66.9 Å². The van der Waals surface area contributed by atoms with E-state index < -0.39 is 27.8 Å². The molecule has 1 unspecified atom stereocenters. The summed E-state index contributed by atoms with van der Waals surface area (Å²) in [5, 5.41) is 2.42. The number of thioether (sulfide) groups is 1. The molecule has 1 amide bonds. The average molecular weight is 500 g/mol. The Kier molecular flexibility index (Phi) is 8.66. The lowest BCUT2D eigenvalue weighted by molar-refractivity contribution is -0.115. The topological polar surface area (TPSA) is 88.6 Å². The summed E-state index contributed by atoms with van der Waals surface area (Å²) in [6.45, 7) is -1.37. The van der Waals surface area contributed by atoms with E-state index in [1.807, 2.05) is 0 Å². The van der Waals surface area contributed by atoms with Gasteiger partial charge >= 0.3 is 6.61 Å². The van der Waals surface area contributed by atoms with Crippen molar-refractivity contribution in [2.24, 2.45) is 0 Å². The lowest BCUT2D eigenvalue weighted by Gasteiger charge is -2.30. The van der Waals surface area contributed by atoms with Gasteiger partial charge in [-0.15, -0.1) is 0 Å². The van der Waals surface area contributed by atoms with Crippen molar-refractivity contribution in [2.75, 3.05) is 12.4 Å². The molecule has 180 valence electrons. The van der Waals surface area contributed by atoms with E-state index in [0.717, 1.165) is 43.9 Å². The van der Waals surface area contributed by atoms with Gasteiger partial charge in [0.25, 0.3) is 0 Å². The molecule has 0 aliphatic heterocycles. The highest BCUT2D eigenvalue weighted by atomic mass is 32.2. The van der Waals surface area contributed by atoms with Gasteiger partial charge in [-0.05, 0) is 44.0 Å². The van der Waals surface area contributed by atoms with Crippen LogP contribution < -0.4 is 10.1 Å². The van der Waals surface area contributed by atoms with Crippen LogP contribution in [0.5, 0.6) is 5.75 Å². The monoisotopic (exact) mass is 499 g/mol. The summed E-state index contributed by atoms with van der Waals surface area (Å²) in [6, 6.07) is 8.97. The maximum atomic E-state index is 12.9. The first kappa shape index (κ1) is 25.4. The molecular formula is C22H27F2N3O4S2. The first-order valence-electron chi connectivity index (χ1n) is 10.6. The zero-order valence-corrected chi connectivity index (χ0v) is 20.0. The van der Waals surface area contributed by atoms with Crippen LogP contribution in [0.3, 0.4) is 0 Å². The van der Waals surface area contributed by atoms with Gasteiger partial charge < -0.3 is 10.1 Å². The fourth-order valence-electron chi connectivity index (χ4n) is 3.63. The quantitative estimate of drug-likeness (QED) is 0.501. The van der Waals surface area contributed by atoms with E-state index in [1.165, 1.54) is 34.8 Å². The number of nitrogens with one attached hydrogen (secondary N) is 1. The maximum Gasteiger partial charge on any atom is 0.387 e. The second-order valence-corrected chi connectivity index (χ2v) is 11.1. The number of halogens is 2. The summed E-state index contributed by atoms with van der Waals surface area (Å²) in [5.41, 5.74) is 0.135. The fourth-order valence-corrected chi connectivity index (χ4v) is 5.78. The van der Waals surface area contributed by atoms with Gasteiger partial charge in [-0.1, -0.05) is 43.2 Å². The summed E-state index contributed by atoms with van der Waals surface area (Å²) in [5.74, 6) is -0.561. The number of benzene rings is 1. The molecule has 0 bridgehead atoms. The Bertz CT molecular complexity index is 1050. The van der Waals surface area contributed by atoms with Crippen molar-refractivity contribution in [1.82, 2.24) is 9.29 Å². The summed E-state index contributed by atoms with van der Waals surface area (Å²) >= 11 is 1.13. The van der Waals surface area contributed by atoms with Crippen LogP contribution in [0.15, 0.2) is 52.5 Å². The molecule has 2 aromatic rings. The van der Waals surface area contributed by atoms with Crippen LogP contribution in [-0.2, 0) is 14.8 Å². The molecule has 1 aliphatic carbocycles. The molecule has 3 rings (SSSR count). The zero-order valence-electron chi connectivity index (χ0n) is 18.4. The van der Waals surface area contributed by atoms with E-state index >= 15 is 0 Å². The second kappa shape index (κ2) is 11.3. The number of hydrogen-bond donors (Lipinski definition) is 1. The van der Waals surface area contributed by atoms with Gasteiger partial charge in [0.05, 0.1) is 16.0 Å². The number of carbonyl (C=O) groups is 1. The number of hydrogen-bond acceptors (Lipinski definition) is 6. The van der Waals surface area contributed by atoms with Crippen molar-refractivity contribution >= 4 is 33.4 Å². The van der Waals surface area contributed by atoms with Gasteiger partial charge in [0.1, 0.15) is 10.6 Å². The fraction of sp³-hybridized carbons (Fsp3) is 0.455. The molecule has 0 spiro atoms. The summed E-state index contributed by atoms with van der Waals surface area (Å²) in [7, 11) is -2.04. The maximum absolute atomic E-state index is 12.9. The SMILES string of the molecule is CC(Sc1ccc(S(=O)(=O)N(C)C2CCCCC2)cn1)C(=O)Nc1ccccc1OC(F)F. The van der Waals surface area contributed by atoms with E-state index in [0.29, 0.717) is 5.03 Å². The number of pyridine rings is 1. The number of para-hydroxylation sites is 2. The summed E-state index contributed by atoms with van der Waals surface area (Å²) < 4.78 is 56.9. The van der Waals surface area contributed by atoms with Gasteiger partial charge in [0, 0.05) is 19.3 Å². The predicted molar refractivity (Wildman–Crippen MR) is 123 cm³/mol. The summed E-state index contributed by atoms with van der Waals surface area (Å²) in [4.78, 5) is 16.9. The van der Waals surface area contributed by atoms with E-state index in [1.54, 1.807) is 26.1 Å². The molecular weight excluding hydrogens is 472 g/mol. The van der Waals surface area contributed by atoms with Crippen LogP contribution in [0.1, 0.15) is 39.0 Å². The average Bonchev–Trinajstić information content (AvgIpc) is 2.80. The molecule has 0 radical (unpaired) electrons. The molecule has 1 aromatic carbocycles. The lowest BCUT2D eigenvalue weighted by atomic mass is 9.96. The van der Waals surface area contributed by atoms with Gasteiger partial charge in [-0.3, -0.25) is 4.79 Å². The minimum Gasteiger partial charge on any atom is -0.433 e. The van der Waals surface area contributed by atoms with Crippen LogP contribution in [-0.4, -0.2) is 48.6 Å². The van der Waals surface area contributed by atoms with Gasteiger partial charge in [0.15, 0.2) is 0 Å². The van der Waals surface area contributed by atoms with Gasteiger partial charge in [-0.2, -0.15) is 13.1 Å². The number of ether oxygens (including phenoxy) is 1. The van der Waals surface area contributed by atoms with E-state index in [9.17, 15) is 22.0 Å². The van der Waals surface area contributed by atoms with Crippen LogP contribution in [0.25, 0.3) is 0 Å². The second-order valence-electron chi connectivity index (χ2n) is 7.77. The van der Waals surface area contributed by atoms with E-state index in [2.05, 4.69) is 15.0 Å². The predicted octanol–water partition coefficient (Wildman–Crippen LogP) is 4.76. The normalized spacial score (nSPS) is 16.1. The Labute approximate surface area is 197 Å². The number of anilines is 1. The third-order valence-corrected chi connectivity index (χ3v) is 8.45. The van der Waals surface area contributed by atoms with Crippen LogP contribution in [0.2, 0.25) is 0 Å². The van der Waals surface area contributed by atoms with Crippen molar-refractivity contribution in [3.8, 4) is 5.75 Å². The Balaban J connectivity index is 1.63. The minimum absolute atomic E-state index is 0.00144. The standard InChI is InChI=1S/C22H27F2N3O4S2/c1-15(21(28)26-18-10-6-7-11-19(18)31-22(23)24)32-20-13-12-17(14-25-20)33(29,30)27(2)16-8-4-3-5-9-16/h6-7,10-16,22H,3-5,8-9H2,1-2H3,(H,26,28). The minimum atomic E-state index is -3.65. The first-order valence-corrected chi connectivity index (χ1v) is 13.0.